The van der Waals surface area contributed by atoms with Crippen molar-refractivity contribution < 1.29 is 38.0 Å². The van der Waals surface area contributed by atoms with E-state index in [0.29, 0.717) is 77.2 Å². The number of anilines is 2. The van der Waals surface area contributed by atoms with E-state index >= 15 is 0 Å². The summed E-state index contributed by atoms with van der Waals surface area (Å²) in [6.07, 6.45) is 1.82. The zero-order valence-electron chi connectivity index (χ0n) is 27.3. The molecule has 0 radical (unpaired) electrons. The van der Waals surface area contributed by atoms with Crippen LogP contribution < -0.4 is 49.8 Å². The number of nitrogens with one attached hydrogen (secondary N) is 3. The lowest BCUT2D eigenvalue weighted by atomic mass is 9.95. The number of methoxy groups -OCH3 is 6. The predicted octanol–water partition coefficient (Wildman–Crippen LogP) is 4.72. The third-order valence-electron chi connectivity index (χ3n) is 7.76. The number of amides is 2. The third-order valence-corrected chi connectivity index (χ3v) is 7.76. The van der Waals surface area contributed by atoms with Gasteiger partial charge in [0.2, 0.25) is 28.7 Å². The Labute approximate surface area is 268 Å². The lowest BCUT2D eigenvalue weighted by molar-refractivity contribution is -0.119. The molecule has 0 bridgehead atoms. The molecule has 2 amide bonds. The highest BCUT2D eigenvalue weighted by molar-refractivity contribution is 5.91. The number of carbonyl (C=O) groups excluding carboxylic acids is 2. The van der Waals surface area contributed by atoms with Crippen molar-refractivity contribution in [3.8, 4) is 45.6 Å². The molecule has 0 aliphatic heterocycles. The SMILES string of the molecule is COc1cc(NC(=O)CCCNc2ccc3c(cc2=O)[C@@H](NC(C)=O)CCc2cc(OC)c(OC)c(OC)c2-3)cc(OC)c1OC. The molecular weight excluding hydrogens is 594 g/mol. The van der Waals surface area contributed by atoms with Gasteiger partial charge >= 0.3 is 0 Å². The van der Waals surface area contributed by atoms with Crippen LogP contribution in [0.2, 0.25) is 0 Å². The maximum Gasteiger partial charge on any atom is 0.224 e. The summed E-state index contributed by atoms with van der Waals surface area (Å²) in [5, 5.41) is 9.03. The highest BCUT2D eigenvalue weighted by Crippen LogP contribution is 2.50. The second kappa shape index (κ2) is 15.2. The second-order valence-electron chi connectivity index (χ2n) is 10.6. The van der Waals surface area contributed by atoms with Crippen molar-refractivity contribution >= 4 is 23.2 Å². The monoisotopic (exact) mass is 635 g/mol. The lowest BCUT2D eigenvalue weighted by Crippen LogP contribution is -2.26. The van der Waals surface area contributed by atoms with E-state index < -0.39 is 6.04 Å². The van der Waals surface area contributed by atoms with Crippen molar-refractivity contribution in [2.75, 3.05) is 59.8 Å². The molecular formula is C34H41N3O9. The first kappa shape index (κ1) is 33.8. The standard InChI is InChI=1S/C34H41N3O9/c1-19(38)36-24-12-10-20-15-27(41-2)33(45-6)34(46-7)31(20)22-11-13-25(26(39)18-23(22)24)35-14-8-9-30(40)37-21-16-28(42-3)32(44-5)29(17-21)43-4/h11,13,15-18,24H,8-10,12,14H2,1-7H3,(H,35,39)(H,36,38)(H,37,40)/t24-/m0/s1. The van der Waals surface area contributed by atoms with E-state index in [1.165, 1.54) is 35.4 Å². The topological polar surface area (TPSA) is 143 Å². The van der Waals surface area contributed by atoms with E-state index in [1.807, 2.05) is 12.1 Å². The Bertz CT molecular complexity index is 1630. The first-order valence-electron chi connectivity index (χ1n) is 14.8. The summed E-state index contributed by atoms with van der Waals surface area (Å²) in [4.78, 5) is 38.4. The van der Waals surface area contributed by atoms with Gasteiger partial charge in [0.05, 0.1) is 54.4 Å². The van der Waals surface area contributed by atoms with E-state index in [4.69, 9.17) is 28.4 Å². The van der Waals surface area contributed by atoms with Crippen molar-refractivity contribution in [3.63, 3.8) is 0 Å². The average molecular weight is 636 g/mol. The first-order chi connectivity index (χ1) is 22.2. The quantitative estimate of drug-likeness (QED) is 0.226. The normalized spacial score (nSPS) is 13.2. The van der Waals surface area contributed by atoms with E-state index in [0.717, 1.165) is 16.7 Å². The summed E-state index contributed by atoms with van der Waals surface area (Å²) in [6.45, 7) is 1.82. The molecule has 0 spiro atoms. The molecule has 1 atom stereocenters. The lowest BCUT2D eigenvalue weighted by Gasteiger charge is -2.19. The number of rotatable bonds is 13. The van der Waals surface area contributed by atoms with Gasteiger partial charge in [-0.15, -0.1) is 0 Å². The Morgan fingerprint density at radius 2 is 1.43 bits per heavy atom. The third kappa shape index (κ3) is 7.22. The molecule has 4 rings (SSSR count). The minimum absolute atomic E-state index is 0.199. The van der Waals surface area contributed by atoms with Crippen LogP contribution in [0.5, 0.6) is 34.5 Å². The molecule has 246 valence electrons. The fraction of sp³-hybridized carbons (Fsp3) is 0.382. The average Bonchev–Trinajstić information content (AvgIpc) is 3.29. The van der Waals surface area contributed by atoms with Crippen LogP contribution in [-0.4, -0.2) is 61.0 Å². The molecule has 12 nitrogen and oxygen atoms in total. The molecule has 12 heteroatoms. The number of fused-ring (bicyclic) bond motifs is 3. The van der Waals surface area contributed by atoms with Crippen molar-refractivity contribution in [3.05, 3.63) is 57.7 Å². The van der Waals surface area contributed by atoms with Gasteiger partial charge in [-0.3, -0.25) is 14.4 Å². The van der Waals surface area contributed by atoms with Crippen LogP contribution in [0.3, 0.4) is 0 Å². The summed E-state index contributed by atoms with van der Waals surface area (Å²) >= 11 is 0. The van der Waals surface area contributed by atoms with Gasteiger partial charge in [-0.1, -0.05) is 6.07 Å². The molecule has 0 fully saturated rings. The van der Waals surface area contributed by atoms with Crippen LogP contribution >= 0.6 is 0 Å². The molecule has 0 saturated carbocycles. The Morgan fingerprint density at radius 1 is 0.804 bits per heavy atom. The van der Waals surface area contributed by atoms with Gasteiger partial charge in [0, 0.05) is 43.3 Å². The Balaban J connectivity index is 1.58. The number of carbonyl (C=O) groups is 2. The molecule has 0 saturated heterocycles. The number of hydrogen-bond donors (Lipinski definition) is 3. The summed E-state index contributed by atoms with van der Waals surface area (Å²) in [7, 11) is 9.17. The van der Waals surface area contributed by atoms with Gasteiger partial charge in [-0.25, -0.2) is 0 Å². The molecule has 0 unspecified atom stereocenters. The molecule has 3 aromatic rings. The van der Waals surface area contributed by atoms with Gasteiger partial charge in [0.1, 0.15) is 0 Å². The largest absolute Gasteiger partial charge is 0.493 e. The Morgan fingerprint density at radius 3 is 2.02 bits per heavy atom. The summed E-state index contributed by atoms with van der Waals surface area (Å²) in [6, 6.07) is 9.93. The molecule has 1 aliphatic rings. The van der Waals surface area contributed by atoms with Crippen molar-refractivity contribution in [1.29, 1.82) is 0 Å². The maximum atomic E-state index is 13.5. The van der Waals surface area contributed by atoms with Crippen molar-refractivity contribution in [2.45, 2.75) is 38.6 Å². The smallest absolute Gasteiger partial charge is 0.224 e. The highest BCUT2D eigenvalue weighted by atomic mass is 16.5. The number of benzene rings is 2. The van der Waals surface area contributed by atoms with Crippen molar-refractivity contribution in [1.82, 2.24) is 5.32 Å². The van der Waals surface area contributed by atoms with Gasteiger partial charge in [-0.05, 0) is 54.2 Å². The van der Waals surface area contributed by atoms with Crippen LogP contribution in [0.4, 0.5) is 11.4 Å². The van der Waals surface area contributed by atoms with Crippen LogP contribution in [0.1, 0.15) is 43.4 Å². The van der Waals surface area contributed by atoms with Crippen LogP contribution in [0.25, 0.3) is 11.1 Å². The molecule has 3 aromatic carbocycles. The minimum atomic E-state index is -0.409. The molecule has 1 aliphatic carbocycles. The highest BCUT2D eigenvalue weighted by Gasteiger charge is 2.29. The Hall–Kier alpha value is -5.13. The summed E-state index contributed by atoms with van der Waals surface area (Å²) in [5.41, 5.74) is 3.73. The van der Waals surface area contributed by atoms with Crippen LogP contribution in [0.15, 0.2) is 41.2 Å². The number of aryl methyl sites for hydroxylation is 1. The second-order valence-corrected chi connectivity index (χ2v) is 10.6. The predicted molar refractivity (Wildman–Crippen MR) is 175 cm³/mol. The van der Waals surface area contributed by atoms with E-state index in [2.05, 4.69) is 16.0 Å². The maximum absolute atomic E-state index is 13.5. The number of hydrogen-bond acceptors (Lipinski definition) is 10. The van der Waals surface area contributed by atoms with Gasteiger partial charge in [0.15, 0.2) is 23.0 Å². The fourth-order valence-electron chi connectivity index (χ4n) is 5.70. The van der Waals surface area contributed by atoms with Gasteiger partial charge < -0.3 is 44.4 Å². The van der Waals surface area contributed by atoms with Gasteiger partial charge in [-0.2, -0.15) is 0 Å². The van der Waals surface area contributed by atoms with Crippen LogP contribution in [0, 0.1) is 0 Å². The Kier molecular flexibility index (Phi) is 11.2. The molecule has 0 aromatic heterocycles. The van der Waals surface area contributed by atoms with E-state index in [-0.39, 0.29) is 23.7 Å². The molecule has 3 N–H and O–H groups in total. The zero-order valence-corrected chi connectivity index (χ0v) is 27.3. The van der Waals surface area contributed by atoms with E-state index in [1.54, 1.807) is 38.5 Å². The first-order valence-corrected chi connectivity index (χ1v) is 14.8. The van der Waals surface area contributed by atoms with E-state index in [9.17, 15) is 14.4 Å². The minimum Gasteiger partial charge on any atom is -0.493 e. The molecule has 0 heterocycles. The van der Waals surface area contributed by atoms with Crippen LogP contribution in [-0.2, 0) is 16.0 Å². The van der Waals surface area contributed by atoms with Crippen molar-refractivity contribution in [2.24, 2.45) is 0 Å². The molecule has 46 heavy (non-hydrogen) atoms. The number of ether oxygens (including phenoxy) is 6. The zero-order chi connectivity index (χ0) is 33.4. The summed E-state index contributed by atoms with van der Waals surface area (Å²) < 4.78 is 33.1. The van der Waals surface area contributed by atoms with Gasteiger partial charge in [0.25, 0.3) is 0 Å². The summed E-state index contributed by atoms with van der Waals surface area (Å²) in [5.74, 6) is 2.31. The fourth-order valence-corrected chi connectivity index (χ4v) is 5.70.